The van der Waals surface area contributed by atoms with E-state index in [1.165, 1.54) is 12.8 Å². The first-order valence-corrected chi connectivity index (χ1v) is 14.2. The minimum Gasteiger partial charge on any atom is -0.494 e. The summed E-state index contributed by atoms with van der Waals surface area (Å²) < 4.78 is 37.7. The average Bonchev–Trinajstić information content (AvgIpc) is 3.18. The van der Waals surface area contributed by atoms with Crippen LogP contribution in [0.4, 0.5) is 5.69 Å². The lowest BCUT2D eigenvalue weighted by Gasteiger charge is -2.08. The largest absolute Gasteiger partial charge is 0.494 e. The van der Waals surface area contributed by atoms with Crippen LogP contribution < -0.4 is 14.8 Å². The Bertz CT molecular complexity index is 1220. The Kier molecular flexibility index (Phi) is 11.8. The van der Waals surface area contributed by atoms with Crippen molar-refractivity contribution in [2.45, 2.75) is 52.4 Å². The van der Waals surface area contributed by atoms with Gasteiger partial charge >= 0.3 is 0 Å². The summed E-state index contributed by atoms with van der Waals surface area (Å²) >= 11 is 0. The van der Waals surface area contributed by atoms with Crippen molar-refractivity contribution in [2.24, 2.45) is 0 Å². The summed E-state index contributed by atoms with van der Waals surface area (Å²) in [5.41, 5.74) is 1.97. The second-order valence-electron chi connectivity index (χ2n) is 8.75. The van der Waals surface area contributed by atoms with E-state index in [9.17, 15) is 13.2 Å². The van der Waals surface area contributed by atoms with Gasteiger partial charge in [0.15, 0.2) is 5.78 Å². The highest BCUT2D eigenvalue weighted by Gasteiger charge is 2.22. The number of carbonyl (C=O) groups excluding carboxylic acids is 1. The van der Waals surface area contributed by atoms with Gasteiger partial charge in [-0.05, 0) is 74.8 Å². The average molecular weight is 537 g/mol. The van der Waals surface area contributed by atoms with E-state index in [0.29, 0.717) is 46.6 Å². The molecule has 198 valence electrons. The summed E-state index contributed by atoms with van der Waals surface area (Å²) in [6, 6.07) is 12.1. The van der Waals surface area contributed by atoms with Gasteiger partial charge in [-0.2, -0.15) is 0 Å². The van der Waals surface area contributed by atoms with Crippen LogP contribution in [0.15, 0.2) is 46.9 Å². The molecule has 0 aliphatic heterocycles. The summed E-state index contributed by atoms with van der Waals surface area (Å²) in [4.78, 5) is 13.6. The number of furan rings is 1. The smallest absolute Gasteiger partial charge is 0.229 e. The number of hydrogen-bond donors (Lipinski definition) is 2. The topological polar surface area (TPSA) is 97.6 Å². The van der Waals surface area contributed by atoms with Gasteiger partial charge in [0.05, 0.1) is 18.4 Å². The fraction of sp³-hybridized carbons (Fsp3) is 0.444. The van der Waals surface area contributed by atoms with Crippen LogP contribution in [-0.4, -0.2) is 40.2 Å². The van der Waals surface area contributed by atoms with Crippen LogP contribution >= 0.6 is 12.4 Å². The normalized spacial score (nSPS) is 11.3. The van der Waals surface area contributed by atoms with Crippen molar-refractivity contribution in [2.75, 3.05) is 30.7 Å². The van der Waals surface area contributed by atoms with Gasteiger partial charge in [-0.25, -0.2) is 8.42 Å². The van der Waals surface area contributed by atoms with Crippen molar-refractivity contribution in [3.05, 3.63) is 59.4 Å². The molecule has 1 aromatic heterocycles. The maximum absolute atomic E-state index is 13.6. The minimum absolute atomic E-state index is 0. The maximum Gasteiger partial charge on any atom is 0.229 e. The van der Waals surface area contributed by atoms with E-state index < -0.39 is 10.0 Å². The van der Waals surface area contributed by atoms with Crippen molar-refractivity contribution in [1.29, 1.82) is 0 Å². The molecule has 7 nitrogen and oxygen atoms in total. The quantitative estimate of drug-likeness (QED) is 0.184. The third kappa shape index (κ3) is 8.54. The monoisotopic (exact) mass is 536 g/mol. The van der Waals surface area contributed by atoms with Gasteiger partial charge in [0.25, 0.3) is 0 Å². The van der Waals surface area contributed by atoms with Crippen LogP contribution in [0, 0.1) is 0 Å². The van der Waals surface area contributed by atoms with E-state index in [1.807, 2.05) is 12.1 Å². The second-order valence-corrected chi connectivity index (χ2v) is 10.5. The standard InChI is InChI=1S/C27H36N2O5S.ClH/c1-4-6-9-25-26(23-19-21(29-35(3,31)32)12-15-24(23)34-25)27(30)20-10-13-22(14-11-20)33-18-8-17-28-16-7-5-2;/h10-15,19,28-29H,4-9,16-18H2,1-3H3;1H. The van der Waals surface area contributed by atoms with Crippen molar-refractivity contribution in [1.82, 2.24) is 5.32 Å². The Hall–Kier alpha value is -2.55. The van der Waals surface area contributed by atoms with Crippen molar-refractivity contribution in [3.8, 4) is 5.75 Å². The SMILES string of the molecule is CCCCNCCCOc1ccc(C(=O)c2c(CCCC)oc3ccc(NS(C)(=O)=O)cc23)cc1.Cl. The molecule has 0 aliphatic rings. The molecule has 0 radical (unpaired) electrons. The van der Waals surface area contributed by atoms with Crippen molar-refractivity contribution in [3.63, 3.8) is 0 Å². The van der Waals surface area contributed by atoms with Gasteiger partial charge in [0, 0.05) is 23.1 Å². The molecule has 2 aromatic carbocycles. The molecule has 2 N–H and O–H groups in total. The highest BCUT2D eigenvalue weighted by atomic mass is 35.5. The Labute approximate surface area is 220 Å². The first kappa shape index (κ1) is 29.7. The summed E-state index contributed by atoms with van der Waals surface area (Å²) in [5, 5.41) is 3.99. The highest BCUT2D eigenvalue weighted by Crippen LogP contribution is 2.32. The Morgan fingerprint density at radius 3 is 2.33 bits per heavy atom. The van der Waals surface area contributed by atoms with Crippen LogP contribution in [0.5, 0.6) is 5.75 Å². The number of unbranched alkanes of at least 4 members (excludes halogenated alkanes) is 2. The number of sulfonamides is 1. The van der Waals surface area contributed by atoms with E-state index >= 15 is 0 Å². The molecule has 0 bridgehead atoms. The van der Waals surface area contributed by atoms with Crippen LogP contribution in [0.3, 0.4) is 0 Å². The molecule has 0 unspecified atom stereocenters. The summed E-state index contributed by atoms with van der Waals surface area (Å²) in [5.74, 6) is 1.19. The molecule has 0 atom stereocenters. The van der Waals surface area contributed by atoms with Crippen LogP contribution in [-0.2, 0) is 16.4 Å². The number of rotatable bonds is 15. The molecule has 1 heterocycles. The number of anilines is 1. The number of aryl methyl sites for hydroxylation is 1. The van der Waals surface area contributed by atoms with Crippen LogP contribution in [0.1, 0.15) is 67.6 Å². The molecule has 0 amide bonds. The number of fused-ring (bicyclic) bond motifs is 1. The lowest BCUT2D eigenvalue weighted by molar-refractivity contribution is 0.103. The first-order valence-electron chi connectivity index (χ1n) is 12.3. The Morgan fingerprint density at radius 1 is 0.972 bits per heavy atom. The summed E-state index contributed by atoms with van der Waals surface area (Å²) in [7, 11) is -3.44. The molecule has 0 saturated heterocycles. The van der Waals surface area contributed by atoms with E-state index in [2.05, 4.69) is 23.9 Å². The number of carbonyl (C=O) groups is 1. The maximum atomic E-state index is 13.6. The van der Waals surface area contributed by atoms with E-state index in [4.69, 9.17) is 9.15 Å². The predicted octanol–water partition coefficient (Wildman–Crippen LogP) is 5.96. The van der Waals surface area contributed by atoms with Gasteiger partial charge in [0.1, 0.15) is 17.1 Å². The number of halogens is 1. The highest BCUT2D eigenvalue weighted by molar-refractivity contribution is 7.92. The van der Waals surface area contributed by atoms with Crippen molar-refractivity contribution < 1.29 is 22.4 Å². The lowest BCUT2D eigenvalue weighted by Crippen LogP contribution is -2.18. The predicted molar refractivity (Wildman–Crippen MR) is 148 cm³/mol. The fourth-order valence-corrected chi connectivity index (χ4v) is 4.40. The third-order valence-electron chi connectivity index (χ3n) is 5.64. The third-order valence-corrected chi connectivity index (χ3v) is 6.25. The second kappa shape index (κ2) is 14.3. The number of ketones is 1. The van der Waals surface area contributed by atoms with Gasteiger partial charge in [-0.15, -0.1) is 12.4 Å². The number of benzene rings is 2. The van der Waals surface area contributed by atoms with E-state index in [-0.39, 0.29) is 18.2 Å². The molecule has 0 aliphatic carbocycles. The van der Waals surface area contributed by atoms with Gasteiger partial charge in [-0.3, -0.25) is 9.52 Å². The van der Waals surface area contributed by atoms with Gasteiger partial charge in [-0.1, -0.05) is 26.7 Å². The number of ether oxygens (including phenoxy) is 1. The van der Waals surface area contributed by atoms with E-state index in [0.717, 1.165) is 44.4 Å². The van der Waals surface area contributed by atoms with E-state index in [1.54, 1.807) is 30.3 Å². The van der Waals surface area contributed by atoms with Gasteiger partial charge < -0.3 is 14.5 Å². The lowest BCUT2D eigenvalue weighted by atomic mass is 9.98. The zero-order valence-electron chi connectivity index (χ0n) is 21.3. The molecule has 9 heteroatoms. The first-order chi connectivity index (χ1) is 16.8. The van der Waals surface area contributed by atoms with Gasteiger partial charge in [0.2, 0.25) is 10.0 Å². The zero-order chi connectivity index (χ0) is 25.3. The zero-order valence-corrected chi connectivity index (χ0v) is 22.9. The number of hydrogen-bond acceptors (Lipinski definition) is 6. The number of nitrogens with one attached hydrogen (secondary N) is 2. The Balaban J connectivity index is 0.00000456. The molecule has 0 spiro atoms. The summed E-state index contributed by atoms with van der Waals surface area (Å²) in [6.45, 7) is 6.81. The summed E-state index contributed by atoms with van der Waals surface area (Å²) in [6.07, 6.45) is 6.85. The molecular formula is C27H37ClN2O5S. The molecule has 3 rings (SSSR count). The van der Waals surface area contributed by atoms with Crippen LogP contribution in [0.25, 0.3) is 11.0 Å². The molecule has 36 heavy (non-hydrogen) atoms. The fourth-order valence-electron chi connectivity index (χ4n) is 3.85. The minimum atomic E-state index is -3.44. The van der Waals surface area contributed by atoms with Crippen molar-refractivity contribution >= 4 is 44.9 Å². The molecule has 0 fully saturated rings. The molecule has 0 saturated carbocycles. The Morgan fingerprint density at radius 2 is 1.67 bits per heavy atom. The van der Waals surface area contributed by atoms with Crippen LogP contribution in [0.2, 0.25) is 0 Å². The molecular weight excluding hydrogens is 500 g/mol. The molecule has 3 aromatic rings.